The Kier molecular flexibility index (Phi) is 6.05. The van der Waals surface area contributed by atoms with Gasteiger partial charge in [0.25, 0.3) is 0 Å². The molecule has 0 radical (unpaired) electrons. The van der Waals surface area contributed by atoms with E-state index in [4.69, 9.17) is 0 Å². The van der Waals surface area contributed by atoms with Gasteiger partial charge < -0.3 is 5.32 Å². The average Bonchev–Trinajstić information content (AvgIpc) is 3.51. The van der Waals surface area contributed by atoms with Crippen LogP contribution in [0.5, 0.6) is 0 Å². The zero-order valence-electron chi connectivity index (χ0n) is 18.9. The fourth-order valence-corrected chi connectivity index (χ4v) is 6.58. The van der Waals surface area contributed by atoms with Gasteiger partial charge in [0, 0.05) is 24.2 Å². The van der Waals surface area contributed by atoms with Crippen molar-refractivity contribution in [2.24, 2.45) is 0 Å². The SMILES string of the molecule is Cc1cc2nnc(S[C@@H](C)C(=O)Nc3ccc(S(=O)(=O)N4CCCC4)cc3)n2c2ccccc12. The molecule has 1 aliphatic rings. The number of aryl methyl sites for hydroxylation is 1. The van der Waals surface area contributed by atoms with Crippen LogP contribution in [0.15, 0.2) is 64.6 Å². The van der Waals surface area contributed by atoms with E-state index in [1.807, 2.05) is 42.5 Å². The molecule has 1 aliphatic heterocycles. The number of nitrogens with zero attached hydrogens (tertiary/aromatic N) is 4. The van der Waals surface area contributed by atoms with Crippen LogP contribution in [0.1, 0.15) is 25.3 Å². The maximum absolute atomic E-state index is 12.9. The summed E-state index contributed by atoms with van der Waals surface area (Å²) in [6, 6.07) is 16.4. The number of rotatable bonds is 6. The van der Waals surface area contributed by atoms with Gasteiger partial charge in [0.2, 0.25) is 15.9 Å². The summed E-state index contributed by atoms with van der Waals surface area (Å²) in [4.78, 5) is 13.1. The minimum atomic E-state index is -3.48. The van der Waals surface area contributed by atoms with Gasteiger partial charge in [-0.05, 0) is 68.7 Å². The second kappa shape index (κ2) is 9.01. The minimum Gasteiger partial charge on any atom is -0.325 e. The van der Waals surface area contributed by atoms with E-state index in [1.165, 1.54) is 16.1 Å². The Hall–Kier alpha value is -2.95. The first-order chi connectivity index (χ1) is 16.3. The van der Waals surface area contributed by atoms with Gasteiger partial charge in [-0.2, -0.15) is 4.31 Å². The van der Waals surface area contributed by atoms with Crippen LogP contribution in [0.3, 0.4) is 0 Å². The largest absolute Gasteiger partial charge is 0.325 e. The van der Waals surface area contributed by atoms with Gasteiger partial charge in [-0.3, -0.25) is 9.20 Å². The van der Waals surface area contributed by atoms with Crippen LogP contribution in [0.2, 0.25) is 0 Å². The topological polar surface area (TPSA) is 96.7 Å². The zero-order chi connectivity index (χ0) is 23.9. The molecule has 1 atom stereocenters. The van der Waals surface area contributed by atoms with E-state index in [0.29, 0.717) is 23.9 Å². The number of carbonyl (C=O) groups is 1. The Morgan fingerprint density at radius 1 is 1.06 bits per heavy atom. The molecule has 3 heterocycles. The molecule has 0 bridgehead atoms. The molecule has 10 heteroatoms. The second-order valence-electron chi connectivity index (χ2n) is 8.41. The number of hydrogen-bond donors (Lipinski definition) is 1. The van der Waals surface area contributed by atoms with E-state index in [-0.39, 0.29) is 10.8 Å². The maximum Gasteiger partial charge on any atom is 0.243 e. The summed E-state index contributed by atoms with van der Waals surface area (Å²) in [5, 5.41) is 12.8. The predicted octanol–water partition coefficient (Wildman–Crippen LogP) is 4.09. The Morgan fingerprint density at radius 3 is 2.50 bits per heavy atom. The van der Waals surface area contributed by atoms with Gasteiger partial charge in [0.1, 0.15) is 0 Å². The molecule has 8 nitrogen and oxygen atoms in total. The number of hydrogen-bond acceptors (Lipinski definition) is 6. The van der Waals surface area contributed by atoms with Crippen molar-refractivity contribution in [3.05, 3.63) is 60.2 Å². The first kappa shape index (κ1) is 22.8. The first-order valence-corrected chi connectivity index (χ1v) is 13.5. The number of para-hydroxylation sites is 1. The molecule has 4 aromatic rings. The fraction of sp³-hybridized carbons (Fsp3) is 0.292. The van der Waals surface area contributed by atoms with Crippen LogP contribution in [0.4, 0.5) is 5.69 Å². The summed E-state index contributed by atoms with van der Waals surface area (Å²) in [5.74, 6) is -0.201. The summed E-state index contributed by atoms with van der Waals surface area (Å²) in [5.41, 5.74) is 3.39. The Morgan fingerprint density at radius 2 is 1.76 bits per heavy atom. The molecule has 176 valence electrons. The lowest BCUT2D eigenvalue weighted by molar-refractivity contribution is -0.115. The number of sulfonamides is 1. The lowest BCUT2D eigenvalue weighted by Crippen LogP contribution is -2.27. The van der Waals surface area contributed by atoms with E-state index in [1.54, 1.807) is 24.3 Å². The quantitative estimate of drug-likeness (QED) is 0.405. The zero-order valence-corrected chi connectivity index (χ0v) is 20.6. The molecule has 1 saturated heterocycles. The standard InChI is InChI=1S/C24H25N5O3S2/c1-16-15-22-26-27-24(29(22)21-8-4-3-7-20(16)21)33-17(2)23(30)25-18-9-11-19(12-10-18)34(31,32)28-13-5-6-14-28/h3-4,7-12,15,17H,5-6,13-14H2,1-2H3,(H,25,30)/t17-/m0/s1. The predicted molar refractivity (Wildman–Crippen MR) is 134 cm³/mol. The summed E-state index contributed by atoms with van der Waals surface area (Å²) in [6.07, 6.45) is 1.78. The van der Waals surface area contributed by atoms with Gasteiger partial charge in [-0.25, -0.2) is 8.42 Å². The highest BCUT2D eigenvalue weighted by Gasteiger charge is 2.27. The van der Waals surface area contributed by atoms with Crippen molar-refractivity contribution in [1.29, 1.82) is 0 Å². The highest BCUT2D eigenvalue weighted by Crippen LogP contribution is 2.29. The third kappa shape index (κ3) is 4.17. The Bertz CT molecular complexity index is 1480. The van der Waals surface area contributed by atoms with E-state index < -0.39 is 15.3 Å². The molecule has 34 heavy (non-hydrogen) atoms. The molecule has 5 rings (SSSR count). The number of thioether (sulfide) groups is 1. The molecule has 1 amide bonds. The van der Waals surface area contributed by atoms with Crippen molar-refractivity contribution in [3.63, 3.8) is 0 Å². The van der Waals surface area contributed by atoms with Crippen LogP contribution in [0.25, 0.3) is 16.6 Å². The van der Waals surface area contributed by atoms with Gasteiger partial charge in [-0.1, -0.05) is 30.0 Å². The number of fused-ring (bicyclic) bond motifs is 3. The molecule has 0 aliphatic carbocycles. The summed E-state index contributed by atoms with van der Waals surface area (Å²) in [7, 11) is -3.48. The molecule has 2 aromatic heterocycles. The molecule has 0 spiro atoms. The second-order valence-corrected chi connectivity index (χ2v) is 11.7. The van der Waals surface area contributed by atoms with Gasteiger partial charge in [0.15, 0.2) is 10.8 Å². The number of pyridine rings is 1. The molecule has 1 fully saturated rings. The van der Waals surface area contributed by atoms with Crippen LogP contribution < -0.4 is 5.32 Å². The van der Waals surface area contributed by atoms with Crippen LogP contribution in [0, 0.1) is 6.92 Å². The highest BCUT2D eigenvalue weighted by molar-refractivity contribution is 8.00. The summed E-state index contributed by atoms with van der Waals surface area (Å²) < 4.78 is 28.9. The van der Waals surface area contributed by atoms with Crippen molar-refractivity contribution in [1.82, 2.24) is 18.9 Å². The van der Waals surface area contributed by atoms with E-state index in [9.17, 15) is 13.2 Å². The lowest BCUT2D eigenvalue weighted by Gasteiger charge is -2.16. The van der Waals surface area contributed by atoms with Crippen molar-refractivity contribution < 1.29 is 13.2 Å². The van der Waals surface area contributed by atoms with E-state index >= 15 is 0 Å². The smallest absolute Gasteiger partial charge is 0.243 e. The van der Waals surface area contributed by atoms with E-state index in [0.717, 1.165) is 35.0 Å². The number of amides is 1. The fourth-order valence-electron chi connectivity index (χ4n) is 4.19. The van der Waals surface area contributed by atoms with Crippen molar-refractivity contribution in [2.45, 2.75) is 42.0 Å². The van der Waals surface area contributed by atoms with Gasteiger partial charge in [0.05, 0.1) is 15.7 Å². The summed E-state index contributed by atoms with van der Waals surface area (Å²) >= 11 is 1.33. The lowest BCUT2D eigenvalue weighted by atomic mass is 10.1. The number of nitrogens with one attached hydrogen (secondary N) is 1. The molecule has 1 N–H and O–H groups in total. The maximum atomic E-state index is 12.9. The molecule has 0 unspecified atom stereocenters. The number of carbonyl (C=O) groups excluding carboxylic acids is 1. The van der Waals surface area contributed by atoms with Crippen molar-refractivity contribution in [2.75, 3.05) is 18.4 Å². The first-order valence-electron chi connectivity index (χ1n) is 11.2. The third-order valence-electron chi connectivity index (χ3n) is 6.05. The van der Waals surface area contributed by atoms with Gasteiger partial charge >= 0.3 is 0 Å². The molecule has 2 aromatic carbocycles. The minimum absolute atomic E-state index is 0.201. The van der Waals surface area contributed by atoms with Crippen LogP contribution in [-0.4, -0.2) is 51.6 Å². The normalized spacial score (nSPS) is 15.7. The van der Waals surface area contributed by atoms with E-state index in [2.05, 4.69) is 21.6 Å². The Balaban J connectivity index is 1.32. The number of anilines is 1. The third-order valence-corrected chi connectivity index (χ3v) is 9.01. The van der Waals surface area contributed by atoms with Gasteiger partial charge in [-0.15, -0.1) is 10.2 Å². The van der Waals surface area contributed by atoms with Crippen molar-refractivity contribution >= 4 is 49.9 Å². The Labute approximate surface area is 202 Å². The van der Waals surface area contributed by atoms with Crippen LogP contribution in [-0.2, 0) is 14.8 Å². The number of aromatic nitrogens is 3. The van der Waals surface area contributed by atoms with Crippen LogP contribution >= 0.6 is 11.8 Å². The van der Waals surface area contributed by atoms with Crippen molar-refractivity contribution in [3.8, 4) is 0 Å². The average molecular weight is 496 g/mol. The molecule has 0 saturated carbocycles. The number of benzene rings is 2. The summed E-state index contributed by atoms with van der Waals surface area (Å²) in [6.45, 7) is 4.97. The highest BCUT2D eigenvalue weighted by atomic mass is 32.2. The molecular weight excluding hydrogens is 470 g/mol. The monoisotopic (exact) mass is 495 g/mol. The molecular formula is C24H25N5O3S2.